The van der Waals surface area contributed by atoms with E-state index >= 15 is 0 Å². The maximum Gasteiger partial charge on any atom is 0.330 e. The molecule has 0 aromatic rings. The summed E-state index contributed by atoms with van der Waals surface area (Å²) in [4.78, 5) is 10.7. The van der Waals surface area contributed by atoms with Crippen molar-refractivity contribution in [2.45, 2.75) is 33.1 Å². The highest BCUT2D eigenvalue weighted by Gasteiger charge is 1.90. The molecule has 0 fully saturated rings. The Bertz CT molecular complexity index is 202. The van der Waals surface area contributed by atoms with Crippen molar-refractivity contribution in [1.82, 2.24) is 0 Å². The first kappa shape index (κ1) is 11.9. The summed E-state index contributed by atoms with van der Waals surface area (Å²) in [6, 6.07) is 0. The number of methoxy groups -OCH3 is 1. The van der Waals surface area contributed by atoms with Gasteiger partial charge in [-0.1, -0.05) is 24.6 Å². The van der Waals surface area contributed by atoms with Crippen LogP contribution in [0.25, 0.3) is 0 Å². The Kier molecular flexibility index (Phi) is 6.98. The highest BCUT2D eigenvalue weighted by atomic mass is 16.5. The van der Waals surface area contributed by atoms with Gasteiger partial charge in [-0.05, 0) is 26.2 Å². The van der Waals surface area contributed by atoms with E-state index in [0.717, 1.165) is 19.3 Å². The molecule has 0 unspecified atom stereocenters. The normalized spacial score (nSPS) is 12.1. The third-order valence-electron chi connectivity index (χ3n) is 1.71. The lowest BCUT2D eigenvalue weighted by Gasteiger charge is -1.95. The molecular formula is C11H18O2. The quantitative estimate of drug-likeness (QED) is 0.371. The first-order valence-corrected chi connectivity index (χ1v) is 4.60. The van der Waals surface area contributed by atoms with Crippen LogP contribution < -0.4 is 0 Å². The third kappa shape index (κ3) is 7.32. The second-order valence-electron chi connectivity index (χ2n) is 2.92. The van der Waals surface area contributed by atoms with Crippen LogP contribution >= 0.6 is 0 Å². The molecule has 0 rings (SSSR count). The molecule has 2 nitrogen and oxygen atoms in total. The molecule has 0 aromatic heterocycles. The molecule has 13 heavy (non-hydrogen) atoms. The van der Waals surface area contributed by atoms with E-state index < -0.39 is 0 Å². The van der Waals surface area contributed by atoms with Gasteiger partial charge < -0.3 is 4.74 Å². The minimum Gasteiger partial charge on any atom is -0.466 e. The van der Waals surface area contributed by atoms with E-state index in [2.05, 4.69) is 24.7 Å². The molecule has 2 heteroatoms. The molecule has 0 aliphatic heterocycles. The fraction of sp³-hybridized carbons (Fsp3) is 0.545. The van der Waals surface area contributed by atoms with Gasteiger partial charge in [0.05, 0.1) is 7.11 Å². The molecule has 0 amide bonds. The molecule has 0 atom stereocenters. The Morgan fingerprint density at radius 2 is 2.15 bits per heavy atom. The van der Waals surface area contributed by atoms with E-state index in [1.54, 1.807) is 0 Å². The lowest BCUT2D eigenvalue weighted by molar-refractivity contribution is -0.134. The van der Waals surface area contributed by atoms with Crippen LogP contribution in [0.5, 0.6) is 0 Å². The number of ether oxygens (including phenoxy) is 1. The predicted molar refractivity (Wildman–Crippen MR) is 54.4 cm³/mol. The van der Waals surface area contributed by atoms with Crippen molar-refractivity contribution in [2.75, 3.05) is 7.11 Å². The summed E-state index contributed by atoms with van der Waals surface area (Å²) in [5, 5.41) is 0. The van der Waals surface area contributed by atoms with Crippen LogP contribution in [0, 0.1) is 0 Å². The van der Waals surface area contributed by atoms with Gasteiger partial charge in [0.2, 0.25) is 0 Å². The SMILES string of the molecule is CC/C=C(\C)CC/C=C/C(=O)OC. The molecule has 0 radical (unpaired) electrons. The summed E-state index contributed by atoms with van der Waals surface area (Å²) in [6.07, 6.45) is 8.51. The van der Waals surface area contributed by atoms with Gasteiger partial charge in [0.15, 0.2) is 0 Å². The van der Waals surface area contributed by atoms with Crippen molar-refractivity contribution < 1.29 is 9.53 Å². The number of hydrogen-bond acceptors (Lipinski definition) is 2. The zero-order valence-electron chi connectivity index (χ0n) is 8.67. The molecular weight excluding hydrogens is 164 g/mol. The van der Waals surface area contributed by atoms with E-state index in [1.807, 2.05) is 6.08 Å². The first-order valence-electron chi connectivity index (χ1n) is 4.60. The van der Waals surface area contributed by atoms with E-state index in [0.29, 0.717) is 0 Å². The monoisotopic (exact) mass is 182 g/mol. The van der Waals surface area contributed by atoms with Gasteiger partial charge in [-0.3, -0.25) is 0 Å². The van der Waals surface area contributed by atoms with Crippen molar-refractivity contribution in [3.8, 4) is 0 Å². The molecule has 0 saturated carbocycles. The van der Waals surface area contributed by atoms with Crippen molar-refractivity contribution >= 4 is 5.97 Å². The second-order valence-corrected chi connectivity index (χ2v) is 2.92. The van der Waals surface area contributed by atoms with Crippen LogP contribution in [0.2, 0.25) is 0 Å². The number of carbonyl (C=O) groups is 1. The second kappa shape index (κ2) is 7.59. The van der Waals surface area contributed by atoms with Crippen LogP contribution in [0.1, 0.15) is 33.1 Å². The molecule has 0 aliphatic carbocycles. The van der Waals surface area contributed by atoms with Crippen LogP contribution in [0.15, 0.2) is 23.8 Å². The predicted octanol–water partition coefficient (Wildman–Crippen LogP) is 2.85. The lowest BCUT2D eigenvalue weighted by Crippen LogP contribution is -1.93. The van der Waals surface area contributed by atoms with Gasteiger partial charge in [0.25, 0.3) is 0 Å². The Hall–Kier alpha value is -1.05. The lowest BCUT2D eigenvalue weighted by atomic mass is 10.1. The fourth-order valence-electron chi connectivity index (χ4n) is 1.01. The van der Waals surface area contributed by atoms with E-state index in [1.165, 1.54) is 18.8 Å². The van der Waals surface area contributed by atoms with Gasteiger partial charge in [0.1, 0.15) is 0 Å². The highest BCUT2D eigenvalue weighted by Crippen LogP contribution is 2.05. The molecule has 0 saturated heterocycles. The minimum absolute atomic E-state index is 0.280. The van der Waals surface area contributed by atoms with E-state index in [-0.39, 0.29) is 5.97 Å². The third-order valence-corrected chi connectivity index (χ3v) is 1.71. The topological polar surface area (TPSA) is 26.3 Å². The van der Waals surface area contributed by atoms with Crippen molar-refractivity contribution in [1.29, 1.82) is 0 Å². The number of esters is 1. The number of allylic oxidation sites excluding steroid dienone is 3. The number of hydrogen-bond donors (Lipinski definition) is 0. The average Bonchev–Trinajstić information content (AvgIpc) is 2.12. The highest BCUT2D eigenvalue weighted by molar-refractivity contribution is 5.81. The van der Waals surface area contributed by atoms with Gasteiger partial charge in [-0.25, -0.2) is 4.79 Å². The molecule has 0 heterocycles. The smallest absolute Gasteiger partial charge is 0.330 e. The molecule has 0 spiro atoms. The molecule has 0 aliphatic rings. The number of carbonyl (C=O) groups excluding carboxylic acids is 1. The largest absolute Gasteiger partial charge is 0.466 e. The average molecular weight is 182 g/mol. The van der Waals surface area contributed by atoms with Crippen LogP contribution in [0.4, 0.5) is 0 Å². The Balaban J connectivity index is 3.61. The van der Waals surface area contributed by atoms with Crippen LogP contribution in [-0.4, -0.2) is 13.1 Å². The van der Waals surface area contributed by atoms with Gasteiger partial charge in [-0.2, -0.15) is 0 Å². The van der Waals surface area contributed by atoms with Crippen LogP contribution in [-0.2, 0) is 9.53 Å². The Labute approximate surface area is 80.3 Å². The van der Waals surface area contributed by atoms with Crippen molar-refractivity contribution in [3.05, 3.63) is 23.8 Å². The van der Waals surface area contributed by atoms with E-state index in [9.17, 15) is 4.79 Å². The van der Waals surface area contributed by atoms with Gasteiger partial charge >= 0.3 is 5.97 Å². The summed E-state index contributed by atoms with van der Waals surface area (Å²) in [5.41, 5.74) is 1.37. The molecule has 0 aromatic carbocycles. The summed E-state index contributed by atoms with van der Waals surface area (Å²) in [5.74, 6) is -0.280. The minimum atomic E-state index is -0.280. The Morgan fingerprint density at radius 1 is 1.46 bits per heavy atom. The van der Waals surface area contributed by atoms with E-state index in [4.69, 9.17) is 0 Å². The van der Waals surface area contributed by atoms with Crippen molar-refractivity contribution in [2.24, 2.45) is 0 Å². The summed E-state index contributed by atoms with van der Waals surface area (Å²) < 4.78 is 4.46. The maximum atomic E-state index is 10.7. The molecule has 74 valence electrons. The van der Waals surface area contributed by atoms with Gasteiger partial charge in [-0.15, -0.1) is 0 Å². The molecule has 0 N–H and O–H groups in total. The summed E-state index contributed by atoms with van der Waals surface area (Å²) in [7, 11) is 1.38. The van der Waals surface area contributed by atoms with Gasteiger partial charge in [0, 0.05) is 6.08 Å². The number of rotatable bonds is 5. The zero-order valence-corrected chi connectivity index (χ0v) is 8.67. The maximum absolute atomic E-state index is 10.7. The standard InChI is InChI=1S/C11H18O2/c1-4-7-10(2)8-5-6-9-11(12)13-3/h6-7,9H,4-5,8H2,1-3H3/b9-6+,10-7+. The fourth-order valence-corrected chi connectivity index (χ4v) is 1.01. The zero-order chi connectivity index (χ0) is 10.1. The summed E-state index contributed by atoms with van der Waals surface area (Å²) >= 11 is 0. The molecule has 0 bridgehead atoms. The Morgan fingerprint density at radius 3 is 2.69 bits per heavy atom. The summed E-state index contributed by atoms with van der Waals surface area (Å²) in [6.45, 7) is 4.23. The van der Waals surface area contributed by atoms with Crippen LogP contribution in [0.3, 0.4) is 0 Å². The first-order chi connectivity index (χ1) is 6.20. The van der Waals surface area contributed by atoms with Crippen molar-refractivity contribution in [3.63, 3.8) is 0 Å².